The third kappa shape index (κ3) is 3.31. The molecule has 2 aromatic rings. The van der Waals surface area contributed by atoms with Crippen LogP contribution in [-0.4, -0.2) is 22.6 Å². The van der Waals surface area contributed by atoms with Crippen LogP contribution in [0.15, 0.2) is 29.1 Å². The summed E-state index contributed by atoms with van der Waals surface area (Å²) >= 11 is 0. The van der Waals surface area contributed by atoms with Crippen molar-refractivity contribution in [3.63, 3.8) is 0 Å². The van der Waals surface area contributed by atoms with Gasteiger partial charge in [0.15, 0.2) is 5.82 Å². The van der Waals surface area contributed by atoms with Gasteiger partial charge in [0, 0.05) is 17.8 Å². The molecule has 0 aliphatic carbocycles. The molecule has 0 atom stereocenters. The summed E-state index contributed by atoms with van der Waals surface area (Å²) in [6.45, 7) is 5.10. The summed E-state index contributed by atoms with van der Waals surface area (Å²) in [4.78, 5) is 15.8. The molecule has 2 N–H and O–H groups in total. The van der Waals surface area contributed by atoms with E-state index in [2.05, 4.69) is 25.3 Å². The molecule has 0 saturated carbocycles. The molecule has 1 aromatic heterocycles. The summed E-state index contributed by atoms with van der Waals surface area (Å²) in [6, 6.07) is 5.54. The van der Waals surface area contributed by atoms with Crippen LogP contribution in [0.25, 0.3) is 0 Å². The zero-order valence-electron chi connectivity index (χ0n) is 10.9. The van der Waals surface area contributed by atoms with Crippen molar-refractivity contribution >= 4 is 11.6 Å². The summed E-state index contributed by atoms with van der Waals surface area (Å²) < 4.78 is 4.59. The average Bonchev–Trinajstić information content (AvgIpc) is 2.91. The molecule has 1 heterocycles. The molecule has 6 nitrogen and oxygen atoms in total. The predicted molar refractivity (Wildman–Crippen MR) is 70.8 cm³/mol. The highest BCUT2D eigenvalue weighted by atomic mass is 16.5. The Kier molecular flexibility index (Phi) is 4.12. The van der Waals surface area contributed by atoms with Crippen molar-refractivity contribution in [2.75, 3.05) is 11.9 Å². The molecular formula is C13H16N4O2. The Bertz CT molecular complexity index is 552. The molecular weight excluding hydrogens is 244 g/mol. The Hall–Kier alpha value is -2.37. The van der Waals surface area contributed by atoms with Crippen LogP contribution in [0.4, 0.5) is 5.69 Å². The lowest BCUT2D eigenvalue weighted by atomic mass is 10.1. The molecule has 0 aliphatic rings. The van der Waals surface area contributed by atoms with Crippen molar-refractivity contribution in [1.82, 2.24) is 15.5 Å². The second-order valence-electron chi connectivity index (χ2n) is 4.09. The van der Waals surface area contributed by atoms with Crippen LogP contribution in [0.1, 0.15) is 28.7 Å². The number of carbonyl (C=O) groups excluding carboxylic acids is 1. The lowest BCUT2D eigenvalue weighted by Gasteiger charge is -2.09. The Morgan fingerprint density at radius 2 is 2.26 bits per heavy atom. The molecule has 0 saturated heterocycles. The minimum Gasteiger partial charge on any atom is -0.385 e. The van der Waals surface area contributed by atoms with Gasteiger partial charge in [0.05, 0.1) is 6.54 Å². The Morgan fingerprint density at radius 1 is 1.42 bits per heavy atom. The van der Waals surface area contributed by atoms with Crippen LogP contribution in [-0.2, 0) is 6.54 Å². The molecule has 0 unspecified atom stereocenters. The van der Waals surface area contributed by atoms with Crippen LogP contribution in [0.2, 0.25) is 0 Å². The van der Waals surface area contributed by atoms with E-state index in [4.69, 9.17) is 0 Å². The smallest absolute Gasteiger partial charge is 0.251 e. The maximum absolute atomic E-state index is 11.9. The Morgan fingerprint density at radius 3 is 2.89 bits per heavy atom. The third-order valence-corrected chi connectivity index (χ3v) is 2.67. The fourth-order valence-corrected chi connectivity index (χ4v) is 1.73. The molecule has 1 aromatic carbocycles. The number of hydrogen-bond acceptors (Lipinski definition) is 5. The van der Waals surface area contributed by atoms with Crippen molar-refractivity contribution in [2.45, 2.75) is 20.4 Å². The van der Waals surface area contributed by atoms with Gasteiger partial charge in [-0.1, -0.05) is 5.16 Å². The van der Waals surface area contributed by atoms with E-state index < -0.39 is 0 Å². The SMILES string of the molecule is CCNc1ccc(C(=O)NCc2ncon2)cc1C. The Labute approximate surface area is 111 Å². The lowest BCUT2D eigenvalue weighted by Crippen LogP contribution is -2.23. The number of carbonyl (C=O) groups is 1. The van der Waals surface area contributed by atoms with E-state index in [1.165, 1.54) is 6.39 Å². The molecule has 0 aliphatic heterocycles. The van der Waals surface area contributed by atoms with E-state index >= 15 is 0 Å². The van der Waals surface area contributed by atoms with Crippen LogP contribution < -0.4 is 10.6 Å². The normalized spacial score (nSPS) is 10.2. The van der Waals surface area contributed by atoms with Gasteiger partial charge in [0.2, 0.25) is 6.39 Å². The van der Waals surface area contributed by atoms with Crippen molar-refractivity contribution in [1.29, 1.82) is 0 Å². The quantitative estimate of drug-likeness (QED) is 0.856. The highest BCUT2D eigenvalue weighted by Gasteiger charge is 2.08. The number of nitrogens with one attached hydrogen (secondary N) is 2. The summed E-state index contributed by atoms with van der Waals surface area (Å²) in [7, 11) is 0. The van der Waals surface area contributed by atoms with E-state index in [1.807, 2.05) is 26.0 Å². The minimum atomic E-state index is -0.157. The number of amides is 1. The summed E-state index contributed by atoms with van der Waals surface area (Å²) in [5.41, 5.74) is 2.69. The average molecular weight is 260 g/mol. The van der Waals surface area contributed by atoms with E-state index in [1.54, 1.807) is 6.07 Å². The highest BCUT2D eigenvalue weighted by Crippen LogP contribution is 2.16. The first kappa shape index (κ1) is 13.1. The van der Waals surface area contributed by atoms with E-state index in [0.717, 1.165) is 17.8 Å². The number of nitrogens with zero attached hydrogens (tertiary/aromatic N) is 2. The van der Waals surface area contributed by atoms with Crippen LogP contribution in [0.5, 0.6) is 0 Å². The first-order chi connectivity index (χ1) is 9.20. The van der Waals surface area contributed by atoms with Crippen molar-refractivity contribution < 1.29 is 9.32 Å². The number of hydrogen-bond donors (Lipinski definition) is 2. The van der Waals surface area contributed by atoms with Crippen molar-refractivity contribution in [3.05, 3.63) is 41.5 Å². The second kappa shape index (κ2) is 5.99. The minimum absolute atomic E-state index is 0.157. The van der Waals surface area contributed by atoms with Crippen molar-refractivity contribution in [2.24, 2.45) is 0 Å². The standard InChI is InChI=1S/C13H16N4O2/c1-3-14-11-5-4-10(6-9(11)2)13(18)15-7-12-16-8-19-17-12/h4-6,8,14H,3,7H2,1-2H3,(H,15,18). The number of rotatable bonds is 5. The van der Waals surface area contributed by atoms with E-state index in [9.17, 15) is 4.79 Å². The molecule has 0 spiro atoms. The monoisotopic (exact) mass is 260 g/mol. The third-order valence-electron chi connectivity index (χ3n) is 2.67. The first-order valence-electron chi connectivity index (χ1n) is 6.08. The van der Waals surface area contributed by atoms with Gasteiger partial charge >= 0.3 is 0 Å². The van der Waals surface area contributed by atoms with Gasteiger partial charge in [-0.25, -0.2) is 0 Å². The van der Waals surface area contributed by atoms with Gasteiger partial charge in [0.1, 0.15) is 0 Å². The second-order valence-corrected chi connectivity index (χ2v) is 4.09. The molecule has 0 bridgehead atoms. The number of anilines is 1. The molecule has 0 radical (unpaired) electrons. The lowest BCUT2D eigenvalue weighted by molar-refractivity contribution is 0.0949. The van der Waals surface area contributed by atoms with Gasteiger partial charge in [0.25, 0.3) is 5.91 Å². The summed E-state index contributed by atoms with van der Waals surface area (Å²) in [5, 5.41) is 9.59. The number of aromatic nitrogens is 2. The van der Waals surface area contributed by atoms with Gasteiger partial charge in [-0.3, -0.25) is 4.79 Å². The van der Waals surface area contributed by atoms with Crippen LogP contribution in [0, 0.1) is 6.92 Å². The zero-order chi connectivity index (χ0) is 13.7. The summed E-state index contributed by atoms with van der Waals surface area (Å²) in [6.07, 6.45) is 1.23. The fourth-order valence-electron chi connectivity index (χ4n) is 1.73. The van der Waals surface area contributed by atoms with Crippen LogP contribution >= 0.6 is 0 Å². The highest BCUT2D eigenvalue weighted by molar-refractivity contribution is 5.94. The van der Waals surface area contributed by atoms with Gasteiger partial charge in [-0.2, -0.15) is 4.98 Å². The number of benzene rings is 1. The van der Waals surface area contributed by atoms with Gasteiger partial charge in [-0.05, 0) is 37.6 Å². The Balaban J connectivity index is 2.01. The van der Waals surface area contributed by atoms with Crippen LogP contribution in [0.3, 0.4) is 0 Å². The first-order valence-corrected chi connectivity index (χ1v) is 6.08. The molecule has 2 rings (SSSR count). The maximum Gasteiger partial charge on any atom is 0.251 e. The largest absolute Gasteiger partial charge is 0.385 e. The molecule has 1 amide bonds. The van der Waals surface area contributed by atoms with Crippen molar-refractivity contribution in [3.8, 4) is 0 Å². The van der Waals surface area contributed by atoms with E-state index in [0.29, 0.717) is 11.4 Å². The predicted octanol–water partition coefficient (Wildman–Crippen LogP) is 1.74. The zero-order valence-corrected chi connectivity index (χ0v) is 10.9. The molecule has 19 heavy (non-hydrogen) atoms. The molecule has 100 valence electrons. The van der Waals surface area contributed by atoms with E-state index in [-0.39, 0.29) is 12.5 Å². The topological polar surface area (TPSA) is 80.0 Å². The summed E-state index contributed by atoms with van der Waals surface area (Å²) in [5.74, 6) is 0.297. The maximum atomic E-state index is 11.9. The molecule has 6 heteroatoms. The van der Waals surface area contributed by atoms with Gasteiger partial charge < -0.3 is 15.2 Å². The molecule has 0 fully saturated rings. The number of aryl methyl sites for hydroxylation is 1. The van der Waals surface area contributed by atoms with Gasteiger partial charge in [-0.15, -0.1) is 0 Å². The fraction of sp³-hybridized carbons (Fsp3) is 0.308.